The van der Waals surface area contributed by atoms with Gasteiger partial charge in [0.2, 0.25) is 0 Å². The Balaban J connectivity index is 2.28. The van der Waals surface area contributed by atoms with E-state index in [9.17, 15) is 9.90 Å². The summed E-state index contributed by atoms with van der Waals surface area (Å²) < 4.78 is 0.822. The van der Waals surface area contributed by atoms with Gasteiger partial charge in [0.1, 0.15) is 0 Å². The molecule has 1 unspecified atom stereocenters. The summed E-state index contributed by atoms with van der Waals surface area (Å²) in [5.41, 5.74) is 1.26. The van der Waals surface area contributed by atoms with Crippen molar-refractivity contribution in [1.29, 1.82) is 0 Å². The Morgan fingerprint density at radius 3 is 2.78 bits per heavy atom. The first kappa shape index (κ1) is 13.0. The lowest BCUT2D eigenvalue weighted by atomic mass is 10.2. The van der Waals surface area contributed by atoms with Gasteiger partial charge in [0.25, 0.3) is 0 Å². The van der Waals surface area contributed by atoms with E-state index in [-0.39, 0.29) is 0 Å². The van der Waals surface area contributed by atoms with Gasteiger partial charge in [-0.2, -0.15) is 0 Å². The molecule has 2 N–H and O–H groups in total. The Labute approximate surface area is 117 Å². The fraction of sp³-hybridized carbons (Fsp3) is 0.167. The van der Waals surface area contributed by atoms with Crippen LogP contribution in [0.3, 0.4) is 0 Å². The van der Waals surface area contributed by atoms with Gasteiger partial charge in [0.05, 0.1) is 10.7 Å². The largest absolute Gasteiger partial charge is 0.479 e. The van der Waals surface area contributed by atoms with Crippen LogP contribution in [-0.2, 0) is 4.79 Å². The molecule has 0 spiro atoms. The molecule has 0 fully saturated rings. The maximum absolute atomic E-state index is 11.3. The first-order valence-corrected chi connectivity index (χ1v) is 6.91. The minimum absolute atomic E-state index is 0.528. The molecule has 1 heterocycles. The minimum Gasteiger partial charge on any atom is -0.479 e. The zero-order valence-electron chi connectivity index (χ0n) is 9.55. The Morgan fingerprint density at radius 1 is 1.50 bits per heavy atom. The minimum atomic E-state index is -0.948. The van der Waals surface area contributed by atoms with E-state index >= 15 is 0 Å². The number of carboxylic acid groups (broad SMARTS) is 1. The summed E-state index contributed by atoms with van der Waals surface area (Å²) in [6, 6.07) is 6.55. The highest BCUT2D eigenvalue weighted by Gasteiger charge is 2.22. The van der Waals surface area contributed by atoms with Crippen LogP contribution in [0.1, 0.15) is 16.7 Å². The molecule has 2 aromatic rings. The van der Waals surface area contributed by atoms with Gasteiger partial charge < -0.3 is 10.4 Å². The lowest BCUT2D eigenvalue weighted by Gasteiger charge is -2.14. The molecule has 0 aliphatic heterocycles. The molecule has 18 heavy (non-hydrogen) atoms. The van der Waals surface area contributed by atoms with Crippen molar-refractivity contribution in [2.45, 2.75) is 13.0 Å². The number of halogens is 1. The van der Waals surface area contributed by atoms with E-state index in [4.69, 9.17) is 0 Å². The van der Waals surface area contributed by atoms with Crippen molar-refractivity contribution in [3.05, 3.63) is 44.8 Å². The predicted molar refractivity (Wildman–Crippen MR) is 75.0 cm³/mol. The number of aryl methyl sites for hydroxylation is 1. The molecule has 1 atom stereocenters. The number of thiazole rings is 1. The maximum Gasteiger partial charge on any atom is 0.332 e. The van der Waals surface area contributed by atoms with Gasteiger partial charge in [0.15, 0.2) is 6.04 Å². The van der Waals surface area contributed by atoms with Gasteiger partial charge >= 0.3 is 5.97 Å². The number of aliphatic carboxylic acids is 1. The molecule has 1 aromatic carbocycles. The van der Waals surface area contributed by atoms with E-state index in [1.54, 1.807) is 5.38 Å². The molecule has 0 aliphatic carbocycles. The van der Waals surface area contributed by atoms with Crippen molar-refractivity contribution >= 4 is 38.9 Å². The molecular weight excluding hydrogens is 316 g/mol. The predicted octanol–water partition coefficient (Wildman–Crippen LogP) is 3.45. The summed E-state index contributed by atoms with van der Waals surface area (Å²) in [6.07, 6.45) is 0. The Morgan fingerprint density at radius 2 is 2.22 bits per heavy atom. The second-order valence-corrected chi connectivity index (χ2v) is 5.60. The van der Waals surface area contributed by atoms with E-state index in [0.717, 1.165) is 15.2 Å². The monoisotopic (exact) mass is 326 g/mol. The molecule has 0 bridgehead atoms. The highest BCUT2D eigenvalue weighted by molar-refractivity contribution is 9.10. The normalized spacial score (nSPS) is 12.1. The van der Waals surface area contributed by atoms with Gasteiger partial charge in [-0.3, -0.25) is 0 Å². The molecule has 0 amide bonds. The van der Waals surface area contributed by atoms with Crippen LogP contribution in [0.5, 0.6) is 0 Å². The maximum atomic E-state index is 11.3. The van der Waals surface area contributed by atoms with E-state index in [1.165, 1.54) is 11.3 Å². The average molecular weight is 327 g/mol. The summed E-state index contributed by atoms with van der Waals surface area (Å²) in [5.74, 6) is -0.948. The van der Waals surface area contributed by atoms with Gasteiger partial charge in [-0.15, -0.1) is 11.3 Å². The number of aromatic nitrogens is 1. The third-order valence-electron chi connectivity index (χ3n) is 2.35. The number of hydrogen-bond donors (Lipinski definition) is 2. The second kappa shape index (κ2) is 5.49. The topological polar surface area (TPSA) is 62.2 Å². The molecule has 1 aromatic heterocycles. The Hall–Kier alpha value is -1.40. The Bertz CT molecular complexity index is 571. The molecule has 0 saturated carbocycles. The van der Waals surface area contributed by atoms with Crippen LogP contribution in [0.4, 0.5) is 5.69 Å². The lowest BCUT2D eigenvalue weighted by molar-refractivity contribution is -0.138. The number of nitrogens with zero attached hydrogens (tertiary/aromatic N) is 1. The molecule has 0 radical (unpaired) electrons. The van der Waals surface area contributed by atoms with Crippen LogP contribution in [0.2, 0.25) is 0 Å². The third-order valence-corrected chi connectivity index (χ3v) is 3.84. The fourth-order valence-electron chi connectivity index (χ4n) is 1.51. The molecule has 6 heteroatoms. The number of benzene rings is 1. The number of carboxylic acids is 1. The zero-order chi connectivity index (χ0) is 13.1. The van der Waals surface area contributed by atoms with Crippen LogP contribution >= 0.6 is 27.3 Å². The third kappa shape index (κ3) is 2.88. The van der Waals surface area contributed by atoms with E-state index in [2.05, 4.69) is 26.2 Å². The average Bonchev–Trinajstić information content (AvgIpc) is 2.74. The summed E-state index contributed by atoms with van der Waals surface area (Å²) in [4.78, 5) is 15.5. The van der Waals surface area contributed by atoms with Crippen molar-refractivity contribution in [2.24, 2.45) is 0 Å². The molecule has 2 rings (SSSR count). The summed E-state index contributed by atoms with van der Waals surface area (Å²) in [6.45, 7) is 1.85. The number of rotatable bonds is 4. The van der Waals surface area contributed by atoms with Gasteiger partial charge in [-0.25, -0.2) is 9.78 Å². The van der Waals surface area contributed by atoms with Crippen LogP contribution in [0, 0.1) is 6.92 Å². The molecule has 4 nitrogen and oxygen atoms in total. The molecule has 0 saturated heterocycles. The van der Waals surface area contributed by atoms with Gasteiger partial charge in [-0.05, 0) is 35.0 Å². The number of nitrogens with one attached hydrogen (secondary N) is 1. The second-order valence-electron chi connectivity index (χ2n) is 3.69. The smallest absolute Gasteiger partial charge is 0.332 e. The van der Waals surface area contributed by atoms with Crippen LogP contribution in [-0.4, -0.2) is 16.1 Å². The molecular formula is C12H11BrN2O2S. The van der Waals surface area contributed by atoms with Gasteiger partial charge in [0, 0.05) is 15.5 Å². The van der Waals surface area contributed by atoms with Crippen LogP contribution in [0.15, 0.2) is 34.1 Å². The van der Waals surface area contributed by atoms with Crippen LogP contribution < -0.4 is 5.32 Å². The van der Waals surface area contributed by atoms with Crippen LogP contribution in [0.25, 0.3) is 0 Å². The summed E-state index contributed by atoms with van der Waals surface area (Å²) in [7, 11) is 0. The summed E-state index contributed by atoms with van der Waals surface area (Å²) in [5, 5.41) is 14.9. The van der Waals surface area contributed by atoms with Crippen molar-refractivity contribution in [2.75, 3.05) is 5.32 Å². The zero-order valence-corrected chi connectivity index (χ0v) is 12.0. The quantitative estimate of drug-likeness (QED) is 0.903. The van der Waals surface area contributed by atoms with E-state index in [1.807, 2.05) is 31.2 Å². The van der Waals surface area contributed by atoms with Crippen molar-refractivity contribution in [1.82, 2.24) is 4.98 Å². The first-order chi connectivity index (χ1) is 8.58. The van der Waals surface area contributed by atoms with E-state index < -0.39 is 12.0 Å². The molecule has 0 aliphatic rings. The Kier molecular flexibility index (Phi) is 3.98. The first-order valence-electron chi connectivity index (χ1n) is 5.24. The lowest BCUT2D eigenvalue weighted by Crippen LogP contribution is -2.21. The highest BCUT2D eigenvalue weighted by Crippen LogP contribution is 2.27. The molecule has 94 valence electrons. The standard InChI is InChI=1S/C12H11BrN2O2S/c1-7-14-10(6-18-7)11(12(16)17)15-9-5-3-2-4-8(9)13/h2-6,11,15H,1H3,(H,16,17). The van der Waals surface area contributed by atoms with Crippen molar-refractivity contribution in [3.8, 4) is 0 Å². The fourth-order valence-corrected chi connectivity index (χ4v) is 2.55. The number of para-hydroxylation sites is 1. The van der Waals surface area contributed by atoms with E-state index in [0.29, 0.717) is 5.69 Å². The highest BCUT2D eigenvalue weighted by atomic mass is 79.9. The summed E-state index contributed by atoms with van der Waals surface area (Å²) >= 11 is 4.82. The number of hydrogen-bond acceptors (Lipinski definition) is 4. The number of carbonyl (C=O) groups is 1. The van der Waals surface area contributed by atoms with Crippen molar-refractivity contribution in [3.63, 3.8) is 0 Å². The van der Waals surface area contributed by atoms with Gasteiger partial charge in [-0.1, -0.05) is 12.1 Å². The van der Waals surface area contributed by atoms with Crippen molar-refractivity contribution < 1.29 is 9.90 Å². The number of anilines is 1. The SMILES string of the molecule is Cc1nc(C(Nc2ccccc2Br)C(=O)O)cs1.